The van der Waals surface area contributed by atoms with Crippen molar-refractivity contribution in [3.63, 3.8) is 0 Å². The molecule has 6 heteroatoms. The van der Waals surface area contributed by atoms with E-state index in [2.05, 4.69) is 9.88 Å². The Kier molecular flexibility index (Phi) is 5.55. The van der Waals surface area contributed by atoms with Crippen LogP contribution in [0.1, 0.15) is 22.3 Å². The number of carbonyl (C=O) groups is 1. The van der Waals surface area contributed by atoms with Crippen LogP contribution in [0.25, 0.3) is 10.9 Å². The molecule has 0 unspecified atom stereocenters. The van der Waals surface area contributed by atoms with Crippen molar-refractivity contribution < 1.29 is 9.18 Å². The van der Waals surface area contributed by atoms with Crippen molar-refractivity contribution in [1.82, 2.24) is 14.8 Å². The molecule has 0 atom stereocenters. The summed E-state index contributed by atoms with van der Waals surface area (Å²) in [4.78, 5) is 21.4. The lowest BCUT2D eigenvalue weighted by atomic mass is 10.1. The monoisotopic (exact) mass is 397 g/mol. The van der Waals surface area contributed by atoms with Crippen molar-refractivity contribution >= 4 is 28.4 Å². The Bertz CT molecular complexity index is 1010. The van der Waals surface area contributed by atoms with Gasteiger partial charge in [0, 0.05) is 54.9 Å². The van der Waals surface area contributed by atoms with Gasteiger partial charge in [0.1, 0.15) is 5.82 Å². The largest absolute Gasteiger partial charge is 0.337 e. The molecule has 144 valence electrons. The molecule has 1 aliphatic rings. The highest BCUT2D eigenvalue weighted by atomic mass is 35.5. The molecule has 3 aromatic rings. The second kappa shape index (κ2) is 8.25. The van der Waals surface area contributed by atoms with Crippen LogP contribution in [0.5, 0.6) is 0 Å². The molecule has 1 amide bonds. The molecule has 0 aliphatic carbocycles. The summed E-state index contributed by atoms with van der Waals surface area (Å²) >= 11 is 6.30. The summed E-state index contributed by atoms with van der Waals surface area (Å²) in [5, 5.41) is 1.66. The molecule has 1 aromatic heterocycles. The number of fused-ring (bicyclic) bond motifs is 1. The molecule has 1 aliphatic heterocycles. The average Bonchev–Trinajstić information content (AvgIpc) is 2.95. The van der Waals surface area contributed by atoms with E-state index in [4.69, 9.17) is 11.6 Å². The molecule has 0 N–H and O–H groups in total. The first-order valence-corrected chi connectivity index (χ1v) is 9.79. The van der Waals surface area contributed by atoms with Gasteiger partial charge in [-0.25, -0.2) is 4.39 Å². The number of nitrogens with zero attached hydrogens (tertiary/aromatic N) is 3. The second-order valence-corrected chi connectivity index (χ2v) is 7.45. The third-order valence-corrected chi connectivity index (χ3v) is 5.47. The van der Waals surface area contributed by atoms with Gasteiger partial charge >= 0.3 is 0 Å². The standard InChI is InChI=1S/C22H21ClFN3O/c23-20-8-7-17(21-19(20)6-2-9-25-21)15-26-10-3-11-27(13-12-26)22(28)16-4-1-5-18(24)14-16/h1-2,4-9,14H,3,10-13,15H2. The van der Waals surface area contributed by atoms with Gasteiger partial charge in [-0.3, -0.25) is 14.7 Å². The van der Waals surface area contributed by atoms with Crippen LogP contribution in [-0.2, 0) is 6.54 Å². The van der Waals surface area contributed by atoms with Crippen molar-refractivity contribution in [2.75, 3.05) is 26.2 Å². The van der Waals surface area contributed by atoms with Gasteiger partial charge in [0.2, 0.25) is 0 Å². The first kappa shape index (κ1) is 18.8. The summed E-state index contributed by atoms with van der Waals surface area (Å²) in [5.74, 6) is -0.496. The molecular weight excluding hydrogens is 377 g/mol. The number of hydrogen-bond donors (Lipinski definition) is 0. The highest BCUT2D eigenvalue weighted by Crippen LogP contribution is 2.26. The van der Waals surface area contributed by atoms with Crippen molar-refractivity contribution in [3.05, 3.63) is 76.7 Å². The van der Waals surface area contributed by atoms with Gasteiger partial charge in [-0.15, -0.1) is 0 Å². The fourth-order valence-electron chi connectivity index (χ4n) is 3.70. The van der Waals surface area contributed by atoms with Crippen molar-refractivity contribution in [1.29, 1.82) is 0 Å². The molecule has 2 heterocycles. The third kappa shape index (κ3) is 4.01. The maximum absolute atomic E-state index is 13.4. The molecule has 0 radical (unpaired) electrons. The quantitative estimate of drug-likeness (QED) is 0.658. The summed E-state index contributed by atoms with van der Waals surface area (Å²) < 4.78 is 13.4. The normalized spacial score (nSPS) is 15.6. The van der Waals surface area contributed by atoms with Gasteiger partial charge in [-0.2, -0.15) is 0 Å². The van der Waals surface area contributed by atoms with E-state index in [0.717, 1.165) is 42.5 Å². The second-order valence-electron chi connectivity index (χ2n) is 7.04. The molecule has 1 saturated heterocycles. The first-order chi connectivity index (χ1) is 13.6. The lowest BCUT2D eigenvalue weighted by molar-refractivity contribution is 0.0760. The minimum Gasteiger partial charge on any atom is -0.337 e. The fraction of sp³-hybridized carbons (Fsp3) is 0.273. The number of hydrogen-bond acceptors (Lipinski definition) is 3. The highest BCUT2D eigenvalue weighted by molar-refractivity contribution is 6.35. The smallest absolute Gasteiger partial charge is 0.254 e. The molecule has 28 heavy (non-hydrogen) atoms. The van der Waals surface area contributed by atoms with Crippen LogP contribution in [0.4, 0.5) is 4.39 Å². The molecule has 4 nitrogen and oxygen atoms in total. The maximum atomic E-state index is 13.4. The van der Waals surface area contributed by atoms with E-state index in [1.165, 1.54) is 12.1 Å². The lowest BCUT2D eigenvalue weighted by Gasteiger charge is -2.22. The lowest BCUT2D eigenvalue weighted by Crippen LogP contribution is -2.35. The molecule has 2 aromatic carbocycles. The molecule has 0 spiro atoms. The summed E-state index contributed by atoms with van der Waals surface area (Å²) in [5.41, 5.74) is 2.46. The highest BCUT2D eigenvalue weighted by Gasteiger charge is 2.21. The van der Waals surface area contributed by atoms with Crippen molar-refractivity contribution in [2.24, 2.45) is 0 Å². The topological polar surface area (TPSA) is 36.4 Å². The van der Waals surface area contributed by atoms with Gasteiger partial charge in [-0.05, 0) is 48.4 Å². The van der Waals surface area contributed by atoms with E-state index in [1.807, 2.05) is 29.2 Å². The molecule has 0 saturated carbocycles. The Morgan fingerprint density at radius 2 is 1.96 bits per heavy atom. The van der Waals surface area contributed by atoms with Crippen LogP contribution in [0.2, 0.25) is 5.02 Å². The van der Waals surface area contributed by atoms with E-state index < -0.39 is 0 Å². The Morgan fingerprint density at radius 3 is 2.82 bits per heavy atom. The third-order valence-electron chi connectivity index (χ3n) is 5.14. The van der Waals surface area contributed by atoms with Crippen LogP contribution in [0, 0.1) is 5.82 Å². The van der Waals surface area contributed by atoms with Gasteiger partial charge in [0.05, 0.1) is 5.52 Å². The minimum absolute atomic E-state index is 0.111. The average molecular weight is 398 g/mol. The summed E-state index contributed by atoms with van der Waals surface area (Å²) in [7, 11) is 0. The van der Waals surface area contributed by atoms with Crippen molar-refractivity contribution in [2.45, 2.75) is 13.0 Å². The number of aromatic nitrogens is 1. The minimum atomic E-state index is -0.385. The number of rotatable bonds is 3. The molecule has 1 fully saturated rings. The van der Waals surface area contributed by atoms with Gasteiger partial charge in [-0.1, -0.05) is 23.7 Å². The molecule has 4 rings (SSSR count). The SMILES string of the molecule is O=C(c1cccc(F)c1)N1CCCN(Cc2ccc(Cl)c3cccnc23)CC1. The fourth-order valence-corrected chi connectivity index (χ4v) is 3.92. The Labute approximate surface area is 168 Å². The Morgan fingerprint density at radius 1 is 1.07 bits per heavy atom. The van der Waals surface area contributed by atoms with E-state index in [9.17, 15) is 9.18 Å². The Balaban J connectivity index is 1.46. The van der Waals surface area contributed by atoms with Crippen LogP contribution in [0.3, 0.4) is 0 Å². The number of pyridine rings is 1. The zero-order chi connectivity index (χ0) is 19.5. The van der Waals surface area contributed by atoms with Gasteiger partial charge < -0.3 is 4.90 Å². The number of benzene rings is 2. The van der Waals surface area contributed by atoms with Gasteiger partial charge in [0.25, 0.3) is 5.91 Å². The summed E-state index contributed by atoms with van der Waals surface area (Å²) in [6, 6.07) is 13.7. The van der Waals surface area contributed by atoms with E-state index >= 15 is 0 Å². The van der Waals surface area contributed by atoms with Crippen LogP contribution < -0.4 is 0 Å². The zero-order valence-corrected chi connectivity index (χ0v) is 16.2. The van der Waals surface area contributed by atoms with Gasteiger partial charge in [0.15, 0.2) is 0 Å². The number of amides is 1. The zero-order valence-electron chi connectivity index (χ0n) is 15.4. The predicted molar refractivity (Wildman–Crippen MR) is 109 cm³/mol. The van der Waals surface area contributed by atoms with Crippen molar-refractivity contribution in [3.8, 4) is 0 Å². The van der Waals surface area contributed by atoms with Crippen LogP contribution >= 0.6 is 11.6 Å². The maximum Gasteiger partial charge on any atom is 0.254 e. The number of halogens is 2. The van der Waals surface area contributed by atoms with E-state index in [0.29, 0.717) is 23.7 Å². The van der Waals surface area contributed by atoms with E-state index in [1.54, 1.807) is 18.3 Å². The van der Waals surface area contributed by atoms with E-state index in [-0.39, 0.29) is 11.7 Å². The summed E-state index contributed by atoms with van der Waals surface area (Å²) in [6.07, 6.45) is 2.66. The van der Waals surface area contributed by atoms with Crippen LogP contribution in [-0.4, -0.2) is 46.9 Å². The Hall–Kier alpha value is -2.50. The molecule has 0 bridgehead atoms. The molecular formula is C22H21ClFN3O. The summed E-state index contributed by atoms with van der Waals surface area (Å²) in [6.45, 7) is 3.70. The number of carbonyl (C=O) groups excluding carboxylic acids is 1. The first-order valence-electron chi connectivity index (χ1n) is 9.41. The van der Waals surface area contributed by atoms with Crippen LogP contribution in [0.15, 0.2) is 54.7 Å². The predicted octanol–water partition coefficient (Wildman–Crippen LogP) is 4.38.